The van der Waals surface area contributed by atoms with Crippen molar-refractivity contribution in [2.45, 2.75) is 19.6 Å². The van der Waals surface area contributed by atoms with Crippen molar-refractivity contribution in [3.05, 3.63) is 114 Å². The highest BCUT2D eigenvalue weighted by molar-refractivity contribution is 5.96. The van der Waals surface area contributed by atoms with Crippen molar-refractivity contribution in [3.8, 4) is 0 Å². The van der Waals surface area contributed by atoms with E-state index in [1.807, 2.05) is 60.7 Å². The van der Waals surface area contributed by atoms with Gasteiger partial charge in [0.2, 0.25) is 0 Å². The fraction of sp³-hybridized carbons (Fsp3) is 0.120. The first-order valence-corrected chi connectivity index (χ1v) is 10.6. The zero-order valence-electron chi connectivity index (χ0n) is 17.9. The van der Waals surface area contributed by atoms with Crippen LogP contribution in [0.4, 0.5) is 10.5 Å². The average Bonchev–Trinajstić information content (AvgIpc) is 3.30. The molecule has 8 heteroatoms. The minimum absolute atomic E-state index is 0.210. The molecule has 3 amide bonds. The van der Waals surface area contributed by atoms with Crippen LogP contribution in [0.2, 0.25) is 0 Å². The molecule has 33 heavy (non-hydrogen) atoms. The molecule has 4 rings (SSSR count). The third-order valence-electron chi connectivity index (χ3n) is 4.88. The largest absolute Gasteiger partial charge is 0.348 e. The molecule has 0 aliphatic rings. The third-order valence-corrected chi connectivity index (χ3v) is 4.88. The third kappa shape index (κ3) is 6.51. The molecule has 0 bridgehead atoms. The molecule has 8 nitrogen and oxygen atoms in total. The van der Waals surface area contributed by atoms with Crippen molar-refractivity contribution in [2.75, 3.05) is 5.32 Å². The molecule has 0 atom stereocenters. The van der Waals surface area contributed by atoms with Crippen LogP contribution in [-0.4, -0.2) is 26.9 Å². The molecule has 3 aromatic carbocycles. The van der Waals surface area contributed by atoms with Gasteiger partial charge in [-0.3, -0.25) is 4.79 Å². The molecule has 0 aliphatic heterocycles. The monoisotopic (exact) mass is 440 g/mol. The van der Waals surface area contributed by atoms with Crippen LogP contribution in [0.15, 0.2) is 91.1 Å². The van der Waals surface area contributed by atoms with E-state index < -0.39 is 6.03 Å². The van der Waals surface area contributed by atoms with Gasteiger partial charge in [0, 0.05) is 17.8 Å². The van der Waals surface area contributed by atoms with E-state index in [1.165, 1.54) is 0 Å². The molecule has 166 valence electrons. The van der Waals surface area contributed by atoms with E-state index in [0.717, 1.165) is 11.1 Å². The van der Waals surface area contributed by atoms with Gasteiger partial charge in [0.15, 0.2) is 0 Å². The summed E-state index contributed by atoms with van der Waals surface area (Å²) in [5.74, 6) is -0.210. The van der Waals surface area contributed by atoms with Crippen LogP contribution in [0.1, 0.15) is 27.2 Å². The smallest absolute Gasteiger partial charge is 0.319 e. The molecule has 4 aromatic rings. The fourth-order valence-corrected chi connectivity index (χ4v) is 3.23. The van der Waals surface area contributed by atoms with Gasteiger partial charge in [-0.1, -0.05) is 71.9 Å². The van der Waals surface area contributed by atoms with E-state index in [4.69, 9.17) is 0 Å². The fourth-order valence-electron chi connectivity index (χ4n) is 3.23. The number of hydrogen-bond donors (Lipinski definition) is 3. The van der Waals surface area contributed by atoms with Crippen LogP contribution < -0.4 is 16.0 Å². The van der Waals surface area contributed by atoms with Crippen molar-refractivity contribution in [2.24, 2.45) is 0 Å². The number of anilines is 1. The maximum Gasteiger partial charge on any atom is 0.319 e. The molecule has 1 heterocycles. The van der Waals surface area contributed by atoms with Crippen molar-refractivity contribution < 1.29 is 9.59 Å². The van der Waals surface area contributed by atoms with Gasteiger partial charge in [0.25, 0.3) is 5.91 Å². The second kappa shape index (κ2) is 10.7. The first-order valence-electron chi connectivity index (χ1n) is 10.6. The molecule has 0 unspecified atom stereocenters. The highest BCUT2D eigenvalue weighted by Gasteiger charge is 2.09. The second-order valence-corrected chi connectivity index (χ2v) is 7.45. The topological polar surface area (TPSA) is 101 Å². The Morgan fingerprint density at radius 1 is 0.788 bits per heavy atom. The summed E-state index contributed by atoms with van der Waals surface area (Å²) in [5, 5.41) is 16.6. The SMILES string of the molecule is O=C(NCc1cn(Cc2ccccc2)nn1)Nc1cccc(C(=O)NCc2ccccc2)c1. The molecule has 0 radical (unpaired) electrons. The first-order chi connectivity index (χ1) is 16.2. The Bertz CT molecular complexity index is 1210. The Morgan fingerprint density at radius 2 is 1.52 bits per heavy atom. The predicted molar refractivity (Wildman–Crippen MR) is 125 cm³/mol. The Kier molecular flexibility index (Phi) is 7.07. The molecular formula is C25H24N6O2. The van der Waals surface area contributed by atoms with Gasteiger partial charge in [0.1, 0.15) is 5.69 Å². The zero-order valence-corrected chi connectivity index (χ0v) is 17.9. The van der Waals surface area contributed by atoms with Crippen molar-refractivity contribution >= 4 is 17.6 Å². The van der Waals surface area contributed by atoms with Crippen LogP contribution in [-0.2, 0) is 19.6 Å². The van der Waals surface area contributed by atoms with Crippen LogP contribution in [0.5, 0.6) is 0 Å². The number of aromatic nitrogens is 3. The number of urea groups is 1. The lowest BCUT2D eigenvalue weighted by molar-refractivity contribution is 0.0951. The highest BCUT2D eigenvalue weighted by atomic mass is 16.2. The Balaban J connectivity index is 1.26. The number of carbonyl (C=O) groups is 2. The quantitative estimate of drug-likeness (QED) is 0.390. The molecule has 3 N–H and O–H groups in total. The van der Waals surface area contributed by atoms with Gasteiger partial charge < -0.3 is 16.0 Å². The summed E-state index contributed by atoms with van der Waals surface area (Å²) in [5.41, 5.74) is 3.77. The van der Waals surface area contributed by atoms with Gasteiger partial charge in [-0.05, 0) is 29.3 Å². The minimum Gasteiger partial charge on any atom is -0.348 e. The summed E-state index contributed by atoms with van der Waals surface area (Å²) >= 11 is 0. The molecule has 0 fully saturated rings. The number of rotatable bonds is 8. The standard InChI is InChI=1S/C25H24N6O2/c32-24(26-15-19-8-3-1-4-9-19)21-12-7-13-22(14-21)28-25(33)27-16-23-18-31(30-29-23)17-20-10-5-2-6-11-20/h1-14,18H,15-17H2,(H,26,32)(H2,27,28,33). The summed E-state index contributed by atoms with van der Waals surface area (Å²) < 4.78 is 1.72. The number of nitrogens with one attached hydrogen (secondary N) is 3. The molecule has 1 aromatic heterocycles. The molecule has 0 saturated carbocycles. The number of hydrogen-bond acceptors (Lipinski definition) is 4. The zero-order chi connectivity index (χ0) is 22.9. The van der Waals surface area contributed by atoms with Crippen LogP contribution in [0.25, 0.3) is 0 Å². The summed E-state index contributed by atoms with van der Waals surface area (Å²) in [6, 6.07) is 26.0. The van der Waals surface area contributed by atoms with E-state index in [2.05, 4.69) is 26.3 Å². The van der Waals surface area contributed by atoms with Gasteiger partial charge in [-0.25, -0.2) is 9.48 Å². The van der Waals surface area contributed by atoms with Crippen LogP contribution in [0.3, 0.4) is 0 Å². The second-order valence-electron chi connectivity index (χ2n) is 7.45. The van der Waals surface area contributed by atoms with Gasteiger partial charge >= 0.3 is 6.03 Å². The number of benzene rings is 3. The Labute approximate surface area is 191 Å². The summed E-state index contributed by atoms with van der Waals surface area (Å²) in [6.45, 7) is 1.28. The summed E-state index contributed by atoms with van der Waals surface area (Å²) in [6.07, 6.45) is 1.80. The number of nitrogens with zero attached hydrogens (tertiary/aromatic N) is 3. The molecule has 0 saturated heterocycles. The maximum atomic E-state index is 12.4. The normalized spacial score (nSPS) is 10.4. The maximum absolute atomic E-state index is 12.4. The summed E-state index contributed by atoms with van der Waals surface area (Å²) in [4.78, 5) is 24.7. The summed E-state index contributed by atoms with van der Waals surface area (Å²) in [7, 11) is 0. The Hall–Kier alpha value is -4.46. The van der Waals surface area contributed by atoms with Gasteiger partial charge in [-0.2, -0.15) is 0 Å². The first kappa shape index (κ1) is 21.8. The lowest BCUT2D eigenvalue weighted by atomic mass is 10.1. The van der Waals surface area contributed by atoms with E-state index in [0.29, 0.717) is 30.0 Å². The van der Waals surface area contributed by atoms with Crippen molar-refractivity contribution in [3.63, 3.8) is 0 Å². The lowest BCUT2D eigenvalue weighted by Crippen LogP contribution is -2.28. The van der Waals surface area contributed by atoms with Gasteiger partial charge in [0.05, 0.1) is 19.3 Å². The molecular weight excluding hydrogens is 416 g/mol. The van der Waals surface area contributed by atoms with E-state index in [1.54, 1.807) is 35.1 Å². The van der Waals surface area contributed by atoms with Crippen molar-refractivity contribution in [1.29, 1.82) is 0 Å². The van der Waals surface area contributed by atoms with Gasteiger partial charge in [-0.15, -0.1) is 5.10 Å². The highest BCUT2D eigenvalue weighted by Crippen LogP contribution is 2.11. The lowest BCUT2D eigenvalue weighted by Gasteiger charge is -2.09. The van der Waals surface area contributed by atoms with Crippen molar-refractivity contribution in [1.82, 2.24) is 25.6 Å². The average molecular weight is 441 g/mol. The predicted octanol–water partition coefficient (Wildman–Crippen LogP) is 3.58. The van der Waals surface area contributed by atoms with E-state index in [-0.39, 0.29) is 12.5 Å². The van der Waals surface area contributed by atoms with E-state index >= 15 is 0 Å². The van der Waals surface area contributed by atoms with Crippen LogP contribution in [0, 0.1) is 0 Å². The minimum atomic E-state index is -0.394. The van der Waals surface area contributed by atoms with E-state index in [9.17, 15) is 9.59 Å². The molecule has 0 aliphatic carbocycles. The van der Waals surface area contributed by atoms with Crippen LogP contribution >= 0.6 is 0 Å². The Morgan fingerprint density at radius 3 is 2.27 bits per heavy atom. The number of amides is 3. The number of carbonyl (C=O) groups excluding carboxylic acids is 2. The molecule has 0 spiro atoms.